The van der Waals surface area contributed by atoms with Gasteiger partial charge in [-0.1, -0.05) is 12.1 Å². The number of rotatable bonds is 4. The first kappa shape index (κ1) is 11.8. The fourth-order valence-corrected chi connectivity index (χ4v) is 3.05. The number of hydrogen-bond acceptors (Lipinski definition) is 3. The van der Waals surface area contributed by atoms with Crippen molar-refractivity contribution in [2.45, 2.75) is 25.4 Å². The topological polar surface area (TPSA) is 21.3 Å². The molecular weight excluding hydrogens is 218 g/mol. The SMILES string of the molecule is COc1cccc(CNC2CCSCC2)c1. The minimum absolute atomic E-state index is 0.701. The summed E-state index contributed by atoms with van der Waals surface area (Å²) >= 11 is 2.07. The molecule has 1 aromatic rings. The zero-order valence-corrected chi connectivity index (χ0v) is 10.6. The summed E-state index contributed by atoms with van der Waals surface area (Å²) in [5.41, 5.74) is 1.30. The number of methoxy groups -OCH3 is 1. The van der Waals surface area contributed by atoms with E-state index in [1.807, 2.05) is 12.1 Å². The molecule has 0 saturated carbocycles. The first-order chi connectivity index (χ1) is 7.88. The number of ether oxygens (including phenoxy) is 1. The molecule has 2 nitrogen and oxygen atoms in total. The molecule has 16 heavy (non-hydrogen) atoms. The van der Waals surface area contributed by atoms with E-state index in [-0.39, 0.29) is 0 Å². The molecule has 0 bridgehead atoms. The van der Waals surface area contributed by atoms with E-state index < -0.39 is 0 Å². The highest BCUT2D eigenvalue weighted by Crippen LogP contribution is 2.18. The molecule has 3 heteroatoms. The number of nitrogens with one attached hydrogen (secondary N) is 1. The van der Waals surface area contributed by atoms with E-state index in [0.29, 0.717) is 6.04 Å². The Morgan fingerprint density at radius 2 is 2.19 bits per heavy atom. The van der Waals surface area contributed by atoms with Crippen LogP contribution in [0, 0.1) is 0 Å². The molecule has 1 saturated heterocycles. The molecule has 0 spiro atoms. The van der Waals surface area contributed by atoms with E-state index >= 15 is 0 Å². The molecule has 1 heterocycles. The quantitative estimate of drug-likeness (QED) is 0.870. The highest BCUT2D eigenvalue weighted by Gasteiger charge is 2.12. The van der Waals surface area contributed by atoms with Gasteiger partial charge in [0.1, 0.15) is 5.75 Å². The van der Waals surface area contributed by atoms with Gasteiger partial charge in [0.25, 0.3) is 0 Å². The van der Waals surface area contributed by atoms with Crippen LogP contribution in [0.4, 0.5) is 0 Å². The summed E-state index contributed by atoms with van der Waals surface area (Å²) in [7, 11) is 1.71. The Morgan fingerprint density at radius 3 is 2.94 bits per heavy atom. The van der Waals surface area contributed by atoms with E-state index in [1.165, 1.54) is 29.9 Å². The van der Waals surface area contributed by atoms with Crippen LogP contribution in [-0.4, -0.2) is 24.7 Å². The van der Waals surface area contributed by atoms with Gasteiger partial charge in [0.05, 0.1) is 7.11 Å². The smallest absolute Gasteiger partial charge is 0.119 e. The van der Waals surface area contributed by atoms with Gasteiger partial charge in [-0.25, -0.2) is 0 Å². The van der Waals surface area contributed by atoms with E-state index in [4.69, 9.17) is 4.74 Å². The Morgan fingerprint density at radius 1 is 1.38 bits per heavy atom. The number of thioether (sulfide) groups is 1. The lowest BCUT2D eigenvalue weighted by Gasteiger charge is -2.22. The van der Waals surface area contributed by atoms with Crippen LogP contribution in [0.5, 0.6) is 5.75 Å². The van der Waals surface area contributed by atoms with Gasteiger partial charge < -0.3 is 10.1 Å². The summed E-state index contributed by atoms with van der Waals surface area (Å²) in [6.07, 6.45) is 2.60. The van der Waals surface area contributed by atoms with Gasteiger partial charge in [-0.15, -0.1) is 0 Å². The van der Waals surface area contributed by atoms with Crippen LogP contribution in [0.1, 0.15) is 18.4 Å². The average Bonchev–Trinajstić information content (AvgIpc) is 2.38. The second-order valence-electron chi connectivity index (χ2n) is 4.12. The molecule has 0 atom stereocenters. The first-order valence-corrected chi connectivity index (χ1v) is 6.98. The first-order valence-electron chi connectivity index (χ1n) is 5.82. The fourth-order valence-electron chi connectivity index (χ4n) is 1.95. The second-order valence-corrected chi connectivity index (χ2v) is 5.34. The molecule has 2 rings (SSSR count). The third-order valence-corrected chi connectivity index (χ3v) is 4.00. The molecule has 0 radical (unpaired) electrons. The Balaban J connectivity index is 1.83. The zero-order chi connectivity index (χ0) is 11.2. The Bertz CT molecular complexity index is 323. The molecule has 0 amide bonds. The zero-order valence-electron chi connectivity index (χ0n) is 9.74. The predicted octanol–water partition coefficient (Wildman–Crippen LogP) is 2.68. The third-order valence-electron chi connectivity index (χ3n) is 2.95. The molecule has 1 aliphatic heterocycles. The maximum atomic E-state index is 5.22. The second kappa shape index (κ2) is 6.16. The van der Waals surface area contributed by atoms with Crippen molar-refractivity contribution in [3.8, 4) is 5.75 Å². The van der Waals surface area contributed by atoms with Crippen molar-refractivity contribution in [2.24, 2.45) is 0 Å². The fraction of sp³-hybridized carbons (Fsp3) is 0.538. The van der Waals surface area contributed by atoms with E-state index in [0.717, 1.165) is 12.3 Å². The van der Waals surface area contributed by atoms with Crippen molar-refractivity contribution in [3.63, 3.8) is 0 Å². The number of hydrogen-bond donors (Lipinski definition) is 1. The van der Waals surface area contributed by atoms with Gasteiger partial charge in [-0.3, -0.25) is 0 Å². The van der Waals surface area contributed by atoms with E-state index in [1.54, 1.807) is 7.11 Å². The maximum absolute atomic E-state index is 5.22. The molecule has 1 aromatic carbocycles. The van der Waals surface area contributed by atoms with Gasteiger partial charge in [-0.05, 0) is 42.0 Å². The van der Waals surface area contributed by atoms with Crippen molar-refractivity contribution in [3.05, 3.63) is 29.8 Å². The van der Waals surface area contributed by atoms with Crippen LogP contribution in [0.15, 0.2) is 24.3 Å². The lowest BCUT2D eigenvalue weighted by molar-refractivity contribution is 0.413. The van der Waals surface area contributed by atoms with Crippen LogP contribution < -0.4 is 10.1 Å². The van der Waals surface area contributed by atoms with Crippen molar-refractivity contribution in [1.82, 2.24) is 5.32 Å². The summed E-state index contributed by atoms with van der Waals surface area (Å²) in [6.45, 7) is 0.951. The van der Waals surface area contributed by atoms with Crippen molar-refractivity contribution in [1.29, 1.82) is 0 Å². The lowest BCUT2D eigenvalue weighted by atomic mass is 10.1. The van der Waals surface area contributed by atoms with Gasteiger partial charge in [0.2, 0.25) is 0 Å². The molecule has 1 aliphatic rings. The predicted molar refractivity (Wildman–Crippen MR) is 70.2 cm³/mol. The van der Waals surface area contributed by atoms with Gasteiger partial charge in [0.15, 0.2) is 0 Å². The minimum Gasteiger partial charge on any atom is -0.497 e. The minimum atomic E-state index is 0.701. The molecule has 0 aromatic heterocycles. The van der Waals surface area contributed by atoms with Crippen LogP contribution in [-0.2, 0) is 6.54 Å². The Hall–Kier alpha value is -0.670. The summed E-state index contributed by atoms with van der Waals surface area (Å²) in [6, 6.07) is 8.98. The summed E-state index contributed by atoms with van der Waals surface area (Å²) in [4.78, 5) is 0. The van der Waals surface area contributed by atoms with Crippen LogP contribution >= 0.6 is 11.8 Å². The molecule has 88 valence electrons. The van der Waals surface area contributed by atoms with Gasteiger partial charge >= 0.3 is 0 Å². The highest BCUT2D eigenvalue weighted by molar-refractivity contribution is 7.99. The largest absolute Gasteiger partial charge is 0.497 e. The number of benzene rings is 1. The lowest BCUT2D eigenvalue weighted by Crippen LogP contribution is -2.31. The van der Waals surface area contributed by atoms with Gasteiger partial charge in [0, 0.05) is 12.6 Å². The standard InChI is InChI=1S/C13H19NOS/c1-15-13-4-2-3-11(9-13)10-14-12-5-7-16-8-6-12/h2-4,9,12,14H,5-8,10H2,1H3. The van der Waals surface area contributed by atoms with Crippen LogP contribution in [0.3, 0.4) is 0 Å². The van der Waals surface area contributed by atoms with E-state index in [2.05, 4.69) is 29.2 Å². The average molecular weight is 237 g/mol. The van der Waals surface area contributed by atoms with Crippen LogP contribution in [0.25, 0.3) is 0 Å². The van der Waals surface area contributed by atoms with Gasteiger partial charge in [-0.2, -0.15) is 11.8 Å². The molecule has 1 fully saturated rings. The van der Waals surface area contributed by atoms with Crippen molar-refractivity contribution in [2.75, 3.05) is 18.6 Å². The molecule has 1 N–H and O–H groups in total. The maximum Gasteiger partial charge on any atom is 0.119 e. The summed E-state index contributed by atoms with van der Waals surface area (Å²) in [5, 5.41) is 3.62. The summed E-state index contributed by atoms with van der Waals surface area (Å²) < 4.78 is 5.22. The Kier molecular flexibility index (Phi) is 4.55. The molecular formula is C13H19NOS. The Labute approximate surface area is 102 Å². The summed E-state index contributed by atoms with van der Waals surface area (Å²) in [5.74, 6) is 3.55. The molecule has 0 unspecified atom stereocenters. The molecule has 0 aliphatic carbocycles. The van der Waals surface area contributed by atoms with E-state index in [9.17, 15) is 0 Å². The van der Waals surface area contributed by atoms with Crippen LogP contribution in [0.2, 0.25) is 0 Å². The monoisotopic (exact) mass is 237 g/mol. The third kappa shape index (κ3) is 3.42. The highest BCUT2D eigenvalue weighted by atomic mass is 32.2. The van der Waals surface area contributed by atoms with Crippen molar-refractivity contribution < 1.29 is 4.74 Å². The van der Waals surface area contributed by atoms with Crippen molar-refractivity contribution >= 4 is 11.8 Å². The normalized spacial score (nSPS) is 17.3.